The Bertz CT molecular complexity index is 515. The summed E-state index contributed by atoms with van der Waals surface area (Å²) in [5.41, 5.74) is 1.06. The Hall–Kier alpha value is -0.945. The maximum Gasteiger partial charge on any atom is 0.496 e. The predicted octanol–water partition coefficient (Wildman–Crippen LogP) is 2.81. The molecule has 2 rings (SSSR count). The first kappa shape index (κ1) is 14.5. The molecule has 0 radical (unpaired) electrons. The summed E-state index contributed by atoms with van der Waals surface area (Å²) in [7, 11) is -0.470. The van der Waals surface area contributed by atoms with E-state index in [1.165, 1.54) is 0 Å². The minimum Gasteiger partial charge on any atom is -0.399 e. The van der Waals surface area contributed by atoms with E-state index in [0.717, 1.165) is 11.0 Å². The molecule has 0 spiro atoms. The van der Waals surface area contributed by atoms with Gasteiger partial charge in [-0.3, -0.25) is 0 Å². The fourth-order valence-electron chi connectivity index (χ4n) is 2.07. The molecule has 19 heavy (non-hydrogen) atoms. The van der Waals surface area contributed by atoms with Crippen molar-refractivity contribution in [1.82, 2.24) is 0 Å². The second-order valence-electron chi connectivity index (χ2n) is 5.78. The van der Waals surface area contributed by atoms with Crippen molar-refractivity contribution in [2.45, 2.75) is 45.3 Å². The molecule has 100 valence electrons. The van der Waals surface area contributed by atoms with Gasteiger partial charge in [-0.25, -0.2) is 0 Å². The van der Waals surface area contributed by atoms with Crippen molar-refractivity contribution in [3.8, 4) is 12.3 Å². The van der Waals surface area contributed by atoms with Crippen LogP contribution in [0.15, 0.2) is 18.2 Å². The SMILES string of the molecule is C#CCc1cccc(Cl)c1B1OC(C)(C)C(C)(C)O1. The van der Waals surface area contributed by atoms with Gasteiger partial charge in [-0.05, 0) is 39.3 Å². The fraction of sp³-hybridized carbons (Fsp3) is 0.467. The van der Waals surface area contributed by atoms with Gasteiger partial charge >= 0.3 is 7.12 Å². The molecule has 0 saturated carbocycles. The molecular weight excluding hydrogens is 258 g/mol. The summed E-state index contributed by atoms with van der Waals surface area (Å²) in [5.74, 6) is 2.65. The van der Waals surface area contributed by atoms with E-state index in [4.69, 9.17) is 27.3 Å². The molecule has 1 aliphatic rings. The predicted molar refractivity (Wildman–Crippen MR) is 79.7 cm³/mol. The van der Waals surface area contributed by atoms with Crippen LogP contribution in [0.5, 0.6) is 0 Å². The molecule has 1 fully saturated rings. The maximum absolute atomic E-state index is 6.30. The van der Waals surface area contributed by atoms with Crippen LogP contribution in [-0.2, 0) is 15.7 Å². The number of hydrogen-bond acceptors (Lipinski definition) is 2. The molecule has 4 heteroatoms. The number of benzene rings is 1. The average molecular weight is 277 g/mol. The molecule has 0 atom stereocenters. The van der Waals surface area contributed by atoms with Crippen LogP contribution >= 0.6 is 11.6 Å². The highest BCUT2D eigenvalue weighted by molar-refractivity contribution is 6.66. The zero-order valence-corrected chi connectivity index (χ0v) is 12.5. The lowest BCUT2D eigenvalue weighted by atomic mass is 9.75. The van der Waals surface area contributed by atoms with Crippen molar-refractivity contribution in [3.05, 3.63) is 28.8 Å². The van der Waals surface area contributed by atoms with Gasteiger partial charge in [0.05, 0.1) is 11.2 Å². The standard InChI is InChI=1S/C15H18BClO2/c1-6-8-11-9-7-10-12(17)13(11)16-18-14(2,3)15(4,5)19-16/h1,7,9-10H,8H2,2-5H3. The molecule has 1 saturated heterocycles. The van der Waals surface area contributed by atoms with Gasteiger partial charge < -0.3 is 9.31 Å². The summed E-state index contributed by atoms with van der Waals surface area (Å²) in [6.45, 7) is 8.07. The van der Waals surface area contributed by atoms with E-state index in [0.29, 0.717) is 11.4 Å². The van der Waals surface area contributed by atoms with E-state index in [1.54, 1.807) is 0 Å². The van der Waals surface area contributed by atoms with Crippen LogP contribution in [0.4, 0.5) is 0 Å². The zero-order chi connectivity index (χ0) is 14.3. The van der Waals surface area contributed by atoms with Crippen LogP contribution in [0.3, 0.4) is 0 Å². The second kappa shape index (κ2) is 4.87. The Morgan fingerprint density at radius 3 is 2.32 bits per heavy atom. The highest BCUT2D eigenvalue weighted by Gasteiger charge is 2.52. The normalized spacial score (nSPS) is 20.3. The maximum atomic E-state index is 6.30. The fourth-order valence-corrected chi connectivity index (χ4v) is 2.35. The van der Waals surface area contributed by atoms with E-state index in [2.05, 4.69) is 5.92 Å². The molecule has 0 aliphatic carbocycles. The topological polar surface area (TPSA) is 18.5 Å². The summed E-state index contributed by atoms with van der Waals surface area (Å²) in [4.78, 5) is 0. The summed E-state index contributed by atoms with van der Waals surface area (Å²) >= 11 is 6.30. The van der Waals surface area contributed by atoms with Crippen molar-refractivity contribution in [3.63, 3.8) is 0 Å². The first-order valence-corrected chi connectivity index (χ1v) is 6.73. The van der Waals surface area contributed by atoms with Crippen molar-refractivity contribution < 1.29 is 9.31 Å². The van der Waals surface area contributed by atoms with E-state index in [1.807, 2.05) is 45.9 Å². The Morgan fingerprint density at radius 2 is 1.79 bits per heavy atom. The monoisotopic (exact) mass is 276 g/mol. The highest BCUT2D eigenvalue weighted by Crippen LogP contribution is 2.37. The Balaban J connectivity index is 2.42. The van der Waals surface area contributed by atoms with Gasteiger partial charge in [0, 0.05) is 16.9 Å². The molecule has 0 amide bonds. The second-order valence-corrected chi connectivity index (χ2v) is 6.19. The molecule has 1 aromatic rings. The van der Waals surface area contributed by atoms with Crippen molar-refractivity contribution in [2.24, 2.45) is 0 Å². The van der Waals surface area contributed by atoms with Crippen LogP contribution in [0.25, 0.3) is 0 Å². The number of halogens is 1. The summed E-state index contributed by atoms with van der Waals surface area (Å²) in [6.07, 6.45) is 5.92. The lowest BCUT2D eigenvalue weighted by molar-refractivity contribution is 0.00578. The Labute approximate surface area is 120 Å². The number of rotatable bonds is 2. The number of terminal acetylenes is 1. The lowest BCUT2D eigenvalue weighted by Gasteiger charge is -2.32. The molecule has 1 aliphatic heterocycles. The first-order chi connectivity index (χ1) is 8.78. The third-order valence-corrected chi connectivity index (χ3v) is 4.25. The minimum absolute atomic E-state index is 0.385. The summed E-state index contributed by atoms with van der Waals surface area (Å²) in [6, 6.07) is 5.69. The molecule has 1 aromatic carbocycles. The van der Waals surface area contributed by atoms with Gasteiger partial charge in [0.25, 0.3) is 0 Å². The van der Waals surface area contributed by atoms with Crippen molar-refractivity contribution >= 4 is 24.2 Å². The quantitative estimate of drug-likeness (QED) is 0.611. The van der Waals surface area contributed by atoms with Gasteiger partial charge in [-0.15, -0.1) is 12.3 Å². The Kier molecular flexibility index (Phi) is 3.70. The molecule has 0 N–H and O–H groups in total. The van der Waals surface area contributed by atoms with Gasteiger partial charge in [0.2, 0.25) is 0 Å². The van der Waals surface area contributed by atoms with E-state index >= 15 is 0 Å². The zero-order valence-electron chi connectivity index (χ0n) is 11.8. The van der Waals surface area contributed by atoms with Crippen LogP contribution in [0.2, 0.25) is 5.02 Å². The first-order valence-electron chi connectivity index (χ1n) is 6.35. The number of hydrogen-bond donors (Lipinski definition) is 0. The molecule has 0 unspecified atom stereocenters. The van der Waals surface area contributed by atoms with E-state index in [-0.39, 0.29) is 11.2 Å². The molecule has 0 aromatic heterocycles. The minimum atomic E-state index is -0.470. The molecule has 1 heterocycles. The van der Waals surface area contributed by atoms with Gasteiger partial charge in [0.1, 0.15) is 0 Å². The lowest BCUT2D eigenvalue weighted by Crippen LogP contribution is -2.41. The van der Waals surface area contributed by atoms with Crippen LogP contribution in [0.1, 0.15) is 33.3 Å². The Morgan fingerprint density at radius 1 is 1.21 bits per heavy atom. The van der Waals surface area contributed by atoms with E-state index < -0.39 is 7.12 Å². The summed E-state index contributed by atoms with van der Waals surface area (Å²) < 4.78 is 12.1. The highest BCUT2D eigenvalue weighted by atomic mass is 35.5. The molecule has 0 bridgehead atoms. The van der Waals surface area contributed by atoms with Crippen molar-refractivity contribution in [2.75, 3.05) is 0 Å². The van der Waals surface area contributed by atoms with Gasteiger partial charge in [0.15, 0.2) is 0 Å². The van der Waals surface area contributed by atoms with Gasteiger partial charge in [-0.1, -0.05) is 23.7 Å². The largest absolute Gasteiger partial charge is 0.496 e. The molecule has 2 nitrogen and oxygen atoms in total. The van der Waals surface area contributed by atoms with Crippen molar-refractivity contribution in [1.29, 1.82) is 0 Å². The smallest absolute Gasteiger partial charge is 0.399 e. The van der Waals surface area contributed by atoms with Crippen LogP contribution < -0.4 is 5.46 Å². The summed E-state index contributed by atoms with van der Waals surface area (Å²) in [5, 5.41) is 0.631. The van der Waals surface area contributed by atoms with Crippen LogP contribution in [0, 0.1) is 12.3 Å². The third kappa shape index (κ3) is 2.53. The molecular formula is C15H18BClO2. The van der Waals surface area contributed by atoms with E-state index in [9.17, 15) is 0 Å². The average Bonchev–Trinajstić information content (AvgIpc) is 2.48. The third-order valence-electron chi connectivity index (χ3n) is 3.92. The van der Waals surface area contributed by atoms with Gasteiger partial charge in [-0.2, -0.15) is 0 Å². The van der Waals surface area contributed by atoms with Crippen LogP contribution in [-0.4, -0.2) is 18.3 Å².